The summed E-state index contributed by atoms with van der Waals surface area (Å²) in [6.45, 7) is 3.63. The fourth-order valence-electron chi connectivity index (χ4n) is 4.05. The second-order valence-corrected chi connectivity index (χ2v) is 12.0. The topological polar surface area (TPSA) is 175 Å². The first-order valence-corrected chi connectivity index (χ1v) is 13.3. The van der Waals surface area contributed by atoms with Crippen molar-refractivity contribution in [3.63, 3.8) is 0 Å². The van der Waals surface area contributed by atoms with Crippen LogP contribution < -0.4 is 5.32 Å². The first kappa shape index (κ1) is 22.9. The van der Waals surface area contributed by atoms with Crippen molar-refractivity contribution >= 4 is 46.8 Å². The van der Waals surface area contributed by atoms with Gasteiger partial charge in [-0.25, -0.2) is 0 Å². The Labute approximate surface area is 174 Å². The van der Waals surface area contributed by atoms with E-state index in [0.717, 1.165) is 6.07 Å². The van der Waals surface area contributed by atoms with Crippen LogP contribution in [0.25, 0.3) is 10.8 Å². The standard InChI is InChI=1S/C17H21NO9S3/c1-10-17(2,6-3-7-28(19,20)21)16-13-8-11(29(22,23)24)9-15(30(25,26)27)12(13)4-5-14(16)18-10/h4-5,8-10,18H,3,6-7H2,1-2H3,(H,19,20,21)(H,22,23,24)(H,25,26,27). The second-order valence-electron chi connectivity index (χ2n) is 7.63. The summed E-state index contributed by atoms with van der Waals surface area (Å²) in [5, 5.41) is 3.45. The van der Waals surface area contributed by atoms with Gasteiger partial charge >= 0.3 is 0 Å². The zero-order valence-corrected chi connectivity index (χ0v) is 18.5. The molecule has 2 unspecified atom stereocenters. The summed E-state index contributed by atoms with van der Waals surface area (Å²) in [7, 11) is -13.8. The summed E-state index contributed by atoms with van der Waals surface area (Å²) in [5.74, 6) is -0.470. The molecule has 3 rings (SSSR count). The molecule has 0 aliphatic carbocycles. The van der Waals surface area contributed by atoms with Gasteiger partial charge in [0.15, 0.2) is 0 Å². The van der Waals surface area contributed by atoms with Crippen LogP contribution in [0, 0.1) is 0 Å². The molecule has 2 aromatic carbocycles. The van der Waals surface area contributed by atoms with Gasteiger partial charge in [0, 0.05) is 22.5 Å². The molecular formula is C17H21NO9S3. The van der Waals surface area contributed by atoms with Crippen molar-refractivity contribution < 1.29 is 38.9 Å². The highest BCUT2D eigenvalue weighted by atomic mass is 32.2. The molecule has 4 N–H and O–H groups in total. The van der Waals surface area contributed by atoms with Gasteiger partial charge in [-0.3, -0.25) is 13.7 Å². The van der Waals surface area contributed by atoms with E-state index in [1.807, 2.05) is 6.92 Å². The van der Waals surface area contributed by atoms with Gasteiger partial charge in [-0.1, -0.05) is 13.0 Å². The quantitative estimate of drug-likeness (QED) is 0.449. The van der Waals surface area contributed by atoms with Crippen LogP contribution in [0.4, 0.5) is 5.69 Å². The molecular weight excluding hydrogens is 458 g/mol. The van der Waals surface area contributed by atoms with E-state index >= 15 is 0 Å². The van der Waals surface area contributed by atoms with E-state index in [9.17, 15) is 34.4 Å². The van der Waals surface area contributed by atoms with Crippen LogP contribution in [0.1, 0.15) is 32.3 Å². The Kier molecular flexibility index (Phi) is 5.45. The number of fused-ring (bicyclic) bond motifs is 3. The van der Waals surface area contributed by atoms with Gasteiger partial charge in [0.2, 0.25) is 0 Å². The lowest BCUT2D eigenvalue weighted by atomic mass is 9.74. The average molecular weight is 480 g/mol. The Hall–Kier alpha value is -1.77. The minimum Gasteiger partial charge on any atom is -0.381 e. The van der Waals surface area contributed by atoms with E-state index in [2.05, 4.69) is 5.32 Å². The molecule has 1 heterocycles. The minimum atomic E-state index is -4.83. The van der Waals surface area contributed by atoms with Crippen molar-refractivity contribution in [2.75, 3.05) is 11.1 Å². The van der Waals surface area contributed by atoms with E-state index in [1.165, 1.54) is 6.07 Å². The summed E-state index contributed by atoms with van der Waals surface area (Å²) in [6.07, 6.45) is 0.366. The molecule has 10 nitrogen and oxygen atoms in total. The molecule has 2 aromatic rings. The van der Waals surface area contributed by atoms with Gasteiger partial charge in [-0.05, 0) is 48.9 Å². The molecule has 0 bridgehead atoms. The molecule has 0 fully saturated rings. The van der Waals surface area contributed by atoms with Crippen LogP contribution in [0.2, 0.25) is 0 Å². The van der Waals surface area contributed by atoms with Crippen LogP contribution in [0.5, 0.6) is 0 Å². The number of hydrogen-bond donors (Lipinski definition) is 4. The number of nitrogens with one attached hydrogen (secondary N) is 1. The highest BCUT2D eigenvalue weighted by Gasteiger charge is 2.42. The van der Waals surface area contributed by atoms with E-state index in [4.69, 9.17) is 4.55 Å². The molecule has 30 heavy (non-hydrogen) atoms. The maximum Gasteiger partial charge on any atom is 0.295 e. The first-order chi connectivity index (χ1) is 13.5. The van der Waals surface area contributed by atoms with Gasteiger partial charge in [-0.15, -0.1) is 0 Å². The second kappa shape index (κ2) is 7.14. The summed E-state index contributed by atoms with van der Waals surface area (Å²) < 4.78 is 97.6. The van der Waals surface area contributed by atoms with Crippen LogP contribution in [0.15, 0.2) is 34.1 Å². The molecule has 0 radical (unpaired) electrons. The van der Waals surface area contributed by atoms with Crippen LogP contribution in [-0.2, 0) is 35.8 Å². The molecule has 0 aromatic heterocycles. The van der Waals surface area contributed by atoms with Crippen LogP contribution in [0.3, 0.4) is 0 Å². The summed E-state index contributed by atoms with van der Waals surface area (Å²) >= 11 is 0. The highest BCUT2D eigenvalue weighted by Crippen LogP contribution is 2.48. The maximum atomic E-state index is 11.9. The van der Waals surface area contributed by atoms with Crippen molar-refractivity contribution in [3.8, 4) is 0 Å². The van der Waals surface area contributed by atoms with Gasteiger partial charge in [-0.2, -0.15) is 25.3 Å². The van der Waals surface area contributed by atoms with Crippen molar-refractivity contribution in [1.82, 2.24) is 0 Å². The third-order valence-corrected chi connectivity index (χ3v) is 8.17. The Bertz CT molecular complexity index is 1350. The molecule has 1 aliphatic heterocycles. The monoisotopic (exact) mass is 479 g/mol. The van der Waals surface area contributed by atoms with Gasteiger partial charge in [0.05, 0.1) is 10.6 Å². The number of benzene rings is 2. The molecule has 0 saturated carbocycles. The Morgan fingerprint density at radius 3 is 2.13 bits per heavy atom. The molecule has 0 saturated heterocycles. The zero-order valence-electron chi connectivity index (χ0n) is 16.0. The first-order valence-electron chi connectivity index (χ1n) is 8.82. The molecule has 2 atom stereocenters. The molecule has 166 valence electrons. The van der Waals surface area contributed by atoms with Crippen molar-refractivity contribution in [2.45, 2.75) is 47.9 Å². The Morgan fingerprint density at radius 1 is 0.967 bits per heavy atom. The summed E-state index contributed by atoms with van der Waals surface area (Å²) in [5.41, 5.74) is 0.338. The average Bonchev–Trinajstić information content (AvgIpc) is 2.82. The summed E-state index contributed by atoms with van der Waals surface area (Å²) in [6, 6.07) is 4.56. The van der Waals surface area contributed by atoms with Crippen LogP contribution in [-0.4, -0.2) is 50.7 Å². The van der Waals surface area contributed by atoms with Crippen LogP contribution >= 0.6 is 0 Å². The van der Waals surface area contributed by atoms with E-state index in [-0.39, 0.29) is 29.7 Å². The third kappa shape index (κ3) is 4.18. The Balaban J connectivity index is 2.32. The predicted octanol–water partition coefficient (Wildman–Crippen LogP) is 2.07. The van der Waals surface area contributed by atoms with Crippen molar-refractivity contribution in [2.24, 2.45) is 0 Å². The molecule has 0 amide bonds. The zero-order chi connectivity index (χ0) is 22.7. The molecule has 1 aliphatic rings. The fourth-order valence-corrected chi connectivity index (χ4v) is 5.89. The van der Waals surface area contributed by atoms with Crippen molar-refractivity contribution in [3.05, 3.63) is 29.8 Å². The van der Waals surface area contributed by atoms with Crippen molar-refractivity contribution in [1.29, 1.82) is 0 Å². The fraction of sp³-hybridized carbons (Fsp3) is 0.412. The lowest BCUT2D eigenvalue weighted by molar-refractivity contribution is 0.399. The highest BCUT2D eigenvalue weighted by molar-refractivity contribution is 7.87. The third-order valence-electron chi connectivity index (χ3n) is 5.64. The molecule has 13 heteroatoms. The predicted molar refractivity (Wildman–Crippen MR) is 110 cm³/mol. The van der Waals surface area contributed by atoms with Gasteiger partial charge in [0.25, 0.3) is 30.4 Å². The summed E-state index contributed by atoms with van der Waals surface area (Å²) in [4.78, 5) is -1.37. The maximum absolute atomic E-state index is 11.9. The SMILES string of the molecule is CC1Nc2ccc3c(S(=O)(=O)O)cc(S(=O)(=O)O)cc3c2C1(C)CCCS(=O)(=O)O. The lowest BCUT2D eigenvalue weighted by Crippen LogP contribution is -2.34. The Morgan fingerprint density at radius 2 is 1.60 bits per heavy atom. The van der Waals surface area contributed by atoms with E-state index in [1.54, 1.807) is 13.0 Å². The number of hydrogen-bond acceptors (Lipinski definition) is 7. The largest absolute Gasteiger partial charge is 0.381 e. The molecule has 0 spiro atoms. The smallest absolute Gasteiger partial charge is 0.295 e. The van der Waals surface area contributed by atoms with E-state index < -0.39 is 51.3 Å². The van der Waals surface area contributed by atoms with E-state index in [0.29, 0.717) is 17.3 Å². The number of rotatable bonds is 6. The minimum absolute atomic E-state index is 0.0561. The number of anilines is 1. The normalized spacial score (nSPS) is 22.1. The lowest BCUT2D eigenvalue weighted by Gasteiger charge is -2.30. The van der Waals surface area contributed by atoms with Gasteiger partial charge < -0.3 is 5.32 Å². The van der Waals surface area contributed by atoms with Gasteiger partial charge in [0.1, 0.15) is 4.90 Å².